The molecule has 0 radical (unpaired) electrons. The minimum atomic E-state index is -0.955. The predicted molar refractivity (Wildman–Crippen MR) is 198 cm³/mol. The average Bonchev–Trinajstić information content (AvgIpc) is 3.60. The van der Waals surface area contributed by atoms with Gasteiger partial charge >= 0.3 is 11.9 Å². The zero-order chi connectivity index (χ0) is 37.7. The third kappa shape index (κ3) is 12.9. The molecule has 3 amide bonds. The molecule has 1 aliphatic rings. The summed E-state index contributed by atoms with van der Waals surface area (Å²) in [7, 11) is 1.93. The predicted octanol–water partition coefficient (Wildman–Crippen LogP) is 4.96. The number of benzene rings is 1. The van der Waals surface area contributed by atoms with Crippen molar-refractivity contribution in [1.29, 1.82) is 0 Å². The first kappa shape index (κ1) is 41.9. The molecule has 0 bridgehead atoms. The minimum Gasteiger partial charge on any atom is -0.481 e. The van der Waals surface area contributed by atoms with Gasteiger partial charge < -0.3 is 25.8 Å². The molecule has 2 heterocycles. The van der Waals surface area contributed by atoms with E-state index in [0.717, 1.165) is 42.7 Å². The lowest BCUT2D eigenvalue weighted by Gasteiger charge is -2.34. The number of halogens is 1. The van der Waals surface area contributed by atoms with Crippen molar-refractivity contribution in [1.82, 2.24) is 25.8 Å². The maximum Gasteiger partial charge on any atom is 0.321 e. The summed E-state index contributed by atoms with van der Waals surface area (Å²) in [6, 6.07) is 7.48. The second kappa shape index (κ2) is 20.5. The summed E-state index contributed by atoms with van der Waals surface area (Å²) in [4.78, 5) is 71.2. The highest BCUT2D eigenvalue weighted by molar-refractivity contribution is 7.09. The van der Waals surface area contributed by atoms with Crippen molar-refractivity contribution in [2.75, 3.05) is 19.5 Å². The van der Waals surface area contributed by atoms with E-state index in [1.807, 2.05) is 70.0 Å². The second-order valence-corrected chi connectivity index (χ2v) is 15.1. The van der Waals surface area contributed by atoms with Gasteiger partial charge in [-0.1, -0.05) is 77.8 Å². The highest BCUT2D eigenvalue weighted by Crippen LogP contribution is 2.29. The number of likely N-dealkylation sites (N-methyl/N-ethyl adjacent to an activating group) is 1. The first-order valence-electron chi connectivity index (χ1n) is 17.8. The Morgan fingerprint density at radius 1 is 1.04 bits per heavy atom. The molecule has 4 N–H and O–H groups in total. The number of aliphatic carboxylic acids is 1. The second-order valence-electron chi connectivity index (χ2n) is 14.0. The lowest BCUT2D eigenvalue weighted by atomic mass is 9.94. The molecule has 1 fully saturated rings. The molecule has 0 saturated carbocycles. The summed E-state index contributed by atoms with van der Waals surface area (Å²) in [6.07, 6.45) is 3.28. The van der Waals surface area contributed by atoms with E-state index in [0.29, 0.717) is 17.8 Å². The summed E-state index contributed by atoms with van der Waals surface area (Å²) >= 11 is 6.95. The topological polar surface area (TPSA) is 167 Å². The Labute approximate surface area is 310 Å². The standard InChI is InChI=1S/C37H54ClN5O7S/c1-7-23(4)32(42-34(46)29-15-11-12-16-43(29)6)35(47)40-27(22(2)3)19-30(50-31(44)20-38)36-41-28(21-51-36)33(45)39-26(17-24(5)37(48)49)18-25-13-9-8-10-14-25/h8-10,13-14,21-24,26-27,29-30,32H,7,11-12,15-20H2,1-6H3,(H,39,45)(H,40,47)(H,42,46)(H,48,49). The molecular formula is C37H54ClN5O7S. The van der Waals surface area contributed by atoms with E-state index in [4.69, 9.17) is 16.3 Å². The van der Waals surface area contributed by atoms with Crippen LogP contribution in [0.1, 0.15) is 100 Å². The van der Waals surface area contributed by atoms with Crippen molar-refractivity contribution < 1.29 is 33.8 Å². The zero-order valence-corrected chi connectivity index (χ0v) is 32.1. The van der Waals surface area contributed by atoms with Crippen molar-refractivity contribution in [2.45, 2.75) is 110 Å². The number of carboxylic acids is 1. The van der Waals surface area contributed by atoms with Crippen LogP contribution in [0.15, 0.2) is 35.7 Å². The number of carbonyl (C=O) groups is 5. The Morgan fingerprint density at radius 2 is 1.75 bits per heavy atom. The fraction of sp³-hybridized carbons (Fsp3) is 0.622. The van der Waals surface area contributed by atoms with Gasteiger partial charge in [0, 0.05) is 23.9 Å². The van der Waals surface area contributed by atoms with E-state index in [-0.39, 0.29) is 48.2 Å². The van der Waals surface area contributed by atoms with E-state index < -0.39 is 53.9 Å². The van der Waals surface area contributed by atoms with Gasteiger partial charge in [0.05, 0.1) is 12.0 Å². The fourth-order valence-electron chi connectivity index (χ4n) is 6.17. The maximum absolute atomic E-state index is 13.8. The molecule has 0 spiro atoms. The van der Waals surface area contributed by atoms with Crippen molar-refractivity contribution in [3.63, 3.8) is 0 Å². The van der Waals surface area contributed by atoms with Gasteiger partial charge in [0.2, 0.25) is 11.8 Å². The Kier molecular flexibility index (Phi) is 16.8. The van der Waals surface area contributed by atoms with Gasteiger partial charge in [-0.2, -0.15) is 0 Å². The highest BCUT2D eigenvalue weighted by Gasteiger charge is 2.35. The first-order chi connectivity index (χ1) is 24.2. The summed E-state index contributed by atoms with van der Waals surface area (Å²) in [6.45, 7) is 10.2. The number of amides is 3. The molecule has 12 nitrogen and oxygen atoms in total. The van der Waals surface area contributed by atoms with Gasteiger partial charge in [0.15, 0.2) is 6.10 Å². The first-order valence-corrected chi connectivity index (χ1v) is 19.2. The number of nitrogens with zero attached hydrogens (tertiary/aromatic N) is 2. The summed E-state index contributed by atoms with van der Waals surface area (Å²) in [5.74, 6) is -3.91. The van der Waals surface area contributed by atoms with Gasteiger partial charge in [-0.05, 0) is 56.7 Å². The number of carboxylic acid groups (broad SMARTS) is 1. The van der Waals surface area contributed by atoms with E-state index in [9.17, 15) is 29.1 Å². The van der Waals surface area contributed by atoms with Crippen LogP contribution in [0, 0.1) is 17.8 Å². The number of hydrogen-bond donors (Lipinski definition) is 4. The summed E-state index contributed by atoms with van der Waals surface area (Å²) in [5, 5.41) is 20.5. The van der Waals surface area contributed by atoms with Crippen LogP contribution in [0.4, 0.5) is 0 Å². The number of esters is 1. The van der Waals surface area contributed by atoms with Gasteiger partial charge in [0.25, 0.3) is 5.91 Å². The lowest BCUT2D eigenvalue weighted by molar-refractivity contribution is -0.147. The smallest absolute Gasteiger partial charge is 0.321 e. The summed E-state index contributed by atoms with van der Waals surface area (Å²) in [5.41, 5.74) is 1.05. The number of likely N-dealkylation sites (tertiary alicyclic amines) is 1. The number of aromatic nitrogens is 1. The van der Waals surface area contributed by atoms with Crippen LogP contribution in [-0.4, -0.2) is 88.3 Å². The molecule has 1 aliphatic heterocycles. The molecule has 1 saturated heterocycles. The molecule has 2 aromatic rings. The Bertz CT molecular complexity index is 1460. The molecule has 51 heavy (non-hydrogen) atoms. The summed E-state index contributed by atoms with van der Waals surface area (Å²) < 4.78 is 5.72. The number of piperidine rings is 1. The van der Waals surface area contributed by atoms with Gasteiger partial charge in [-0.15, -0.1) is 22.9 Å². The number of rotatable bonds is 19. The van der Waals surface area contributed by atoms with Crippen LogP contribution in [0.2, 0.25) is 0 Å². The monoisotopic (exact) mass is 747 g/mol. The number of hydrogen-bond acceptors (Lipinski definition) is 9. The van der Waals surface area contributed by atoms with Crippen LogP contribution in [0.5, 0.6) is 0 Å². The van der Waals surface area contributed by atoms with Crippen LogP contribution in [0.3, 0.4) is 0 Å². The van der Waals surface area contributed by atoms with Crippen LogP contribution < -0.4 is 16.0 Å². The molecular weight excluding hydrogens is 694 g/mol. The number of nitrogens with one attached hydrogen (secondary N) is 3. The van der Waals surface area contributed by atoms with Crippen LogP contribution >= 0.6 is 22.9 Å². The van der Waals surface area contributed by atoms with Gasteiger partial charge in [0.1, 0.15) is 22.6 Å². The SMILES string of the molecule is CCC(C)C(NC(=O)C1CCCCN1C)C(=O)NC(CC(OC(=O)CCl)c1nc(C(=O)NC(Cc2ccccc2)CC(C)C(=O)O)cs1)C(C)C. The highest BCUT2D eigenvalue weighted by atomic mass is 35.5. The molecule has 0 aliphatic carbocycles. The zero-order valence-electron chi connectivity index (χ0n) is 30.5. The van der Waals surface area contributed by atoms with Crippen molar-refractivity contribution >= 4 is 52.6 Å². The molecule has 3 rings (SSSR count). The van der Waals surface area contributed by atoms with Gasteiger partial charge in [-0.3, -0.25) is 28.9 Å². The Morgan fingerprint density at radius 3 is 2.35 bits per heavy atom. The largest absolute Gasteiger partial charge is 0.481 e. The molecule has 282 valence electrons. The minimum absolute atomic E-state index is 0.0957. The third-order valence-electron chi connectivity index (χ3n) is 9.60. The molecule has 1 aromatic carbocycles. The van der Waals surface area contributed by atoms with Crippen molar-refractivity contribution in [2.24, 2.45) is 17.8 Å². The number of alkyl halides is 1. The Hall–Kier alpha value is -3.55. The molecule has 7 atom stereocenters. The van der Waals surface area contributed by atoms with Crippen LogP contribution in [-0.2, 0) is 30.3 Å². The lowest BCUT2D eigenvalue weighted by Crippen LogP contribution is -2.57. The number of carbonyl (C=O) groups excluding carboxylic acids is 4. The van der Waals surface area contributed by atoms with E-state index in [1.165, 1.54) is 0 Å². The van der Waals surface area contributed by atoms with E-state index in [1.54, 1.807) is 12.3 Å². The quantitative estimate of drug-likeness (QED) is 0.115. The third-order valence-corrected chi connectivity index (χ3v) is 10.8. The van der Waals surface area contributed by atoms with Crippen LogP contribution in [0.25, 0.3) is 0 Å². The molecule has 7 unspecified atom stereocenters. The number of ether oxygens (including phenoxy) is 1. The normalized spacial score (nSPS) is 18.5. The van der Waals surface area contributed by atoms with Crippen molar-refractivity contribution in [3.05, 3.63) is 52.0 Å². The molecule has 14 heteroatoms. The van der Waals surface area contributed by atoms with E-state index in [2.05, 4.69) is 20.9 Å². The molecule has 1 aromatic heterocycles. The Balaban J connectivity index is 1.79. The average molecular weight is 748 g/mol. The number of thiazole rings is 1. The fourth-order valence-corrected chi connectivity index (χ4v) is 7.07. The van der Waals surface area contributed by atoms with E-state index >= 15 is 0 Å². The maximum atomic E-state index is 13.8. The van der Waals surface area contributed by atoms with Gasteiger partial charge in [-0.25, -0.2) is 4.98 Å². The van der Waals surface area contributed by atoms with Crippen molar-refractivity contribution in [3.8, 4) is 0 Å².